The molecule has 44 heavy (non-hydrogen) atoms. The largest absolute Gasteiger partial charge is 0.365 e. The molecule has 1 aliphatic heterocycles. The topological polar surface area (TPSA) is 108 Å². The van der Waals surface area contributed by atoms with E-state index in [0.29, 0.717) is 12.9 Å². The van der Waals surface area contributed by atoms with Crippen molar-refractivity contribution in [2.24, 2.45) is 5.73 Å². The molecular formula is C34H54N6O3S. The van der Waals surface area contributed by atoms with Crippen molar-refractivity contribution in [3.8, 4) is 22.5 Å². The number of hydrogen-bond donors (Lipinski definition) is 2. The van der Waals surface area contributed by atoms with Gasteiger partial charge in [0.25, 0.3) is 0 Å². The second-order valence-electron chi connectivity index (χ2n) is 12.4. The van der Waals surface area contributed by atoms with Crippen molar-refractivity contribution in [3.63, 3.8) is 0 Å². The summed E-state index contributed by atoms with van der Waals surface area (Å²) in [7, 11) is 2.99. The zero-order chi connectivity index (χ0) is 33.1. The van der Waals surface area contributed by atoms with Gasteiger partial charge in [0.15, 0.2) is 0 Å². The van der Waals surface area contributed by atoms with E-state index in [4.69, 9.17) is 24.2 Å². The molecule has 0 bridgehead atoms. The number of pyridine rings is 1. The SMILES string of the molecule is C=O.CCC1NC(c2ccc(-c3ccc(-c4cnc([C@H](C)OC(C)(C)C)n4COCCS(C)(C)C)cn3)cc2)=CN1C.CN. The zero-order valence-corrected chi connectivity index (χ0v) is 29.2. The number of aromatic nitrogens is 3. The molecule has 3 N–H and O–H groups in total. The predicted molar refractivity (Wildman–Crippen MR) is 187 cm³/mol. The number of rotatable bonds is 11. The number of nitrogens with zero attached hydrogens (tertiary/aromatic N) is 4. The fourth-order valence-electron chi connectivity index (χ4n) is 4.83. The Morgan fingerprint density at radius 3 is 2.14 bits per heavy atom. The average Bonchev–Trinajstić information content (AvgIpc) is 3.59. The number of benzene rings is 1. The summed E-state index contributed by atoms with van der Waals surface area (Å²) in [5.41, 5.74) is 10.6. The highest BCUT2D eigenvalue weighted by Gasteiger charge is 2.23. The first-order valence-electron chi connectivity index (χ1n) is 15.0. The maximum Gasteiger partial charge on any atom is 0.140 e. The van der Waals surface area contributed by atoms with E-state index in [1.54, 1.807) is 0 Å². The van der Waals surface area contributed by atoms with Crippen LogP contribution in [0.3, 0.4) is 0 Å². The first-order valence-corrected chi connectivity index (χ1v) is 18.0. The first-order chi connectivity index (χ1) is 20.8. The van der Waals surface area contributed by atoms with Crippen LogP contribution < -0.4 is 11.1 Å². The number of carbonyl (C=O) groups is 1. The minimum atomic E-state index is -0.616. The number of nitrogens with one attached hydrogen (secondary N) is 1. The molecule has 3 aromatic rings. The van der Waals surface area contributed by atoms with E-state index in [1.165, 1.54) is 12.6 Å². The lowest BCUT2D eigenvalue weighted by atomic mass is 10.1. The van der Waals surface area contributed by atoms with Crippen LogP contribution in [0.4, 0.5) is 0 Å². The molecule has 0 saturated heterocycles. The molecule has 1 aliphatic rings. The van der Waals surface area contributed by atoms with Crippen molar-refractivity contribution in [1.29, 1.82) is 0 Å². The van der Waals surface area contributed by atoms with Crippen LogP contribution in [0.2, 0.25) is 0 Å². The van der Waals surface area contributed by atoms with E-state index in [9.17, 15) is 0 Å². The Hall–Kier alpha value is -3.18. The summed E-state index contributed by atoms with van der Waals surface area (Å²) in [6, 6.07) is 12.8. The maximum atomic E-state index is 8.00. The summed E-state index contributed by atoms with van der Waals surface area (Å²) >= 11 is 0. The number of nitrogens with two attached hydrogens (primary N) is 1. The van der Waals surface area contributed by atoms with Crippen molar-refractivity contribution in [3.05, 3.63) is 66.4 Å². The minimum absolute atomic E-state index is 0.173. The van der Waals surface area contributed by atoms with Crippen molar-refractivity contribution in [2.75, 3.05) is 45.2 Å². The second kappa shape index (κ2) is 16.8. The van der Waals surface area contributed by atoms with Gasteiger partial charge in [0, 0.05) is 36.3 Å². The van der Waals surface area contributed by atoms with Gasteiger partial charge in [-0.25, -0.2) is 15.0 Å². The van der Waals surface area contributed by atoms with Gasteiger partial charge in [-0.3, -0.25) is 4.98 Å². The highest BCUT2D eigenvalue weighted by atomic mass is 32.3. The number of hydrogen-bond acceptors (Lipinski definition) is 8. The van der Waals surface area contributed by atoms with Crippen molar-refractivity contribution in [2.45, 2.75) is 65.6 Å². The Balaban J connectivity index is 0.00000162. The molecule has 0 amide bonds. The third kappa shape index (κ3) is 10.5. The lowest BCUT2D eigenvalue weighted by Gasteiger charge is -2.26. The van der Waals surface area contributed by atoms with Gasteiger partial charge >= 0.3 is 0 Å². The van der Waals surface area contributed by atoms with E-state index in [0.717, 1.165) is 52.8 Å². The normalized spacial score (nSPS) is 15.8. The van der Waals surface area contributed by atoms with Crippen LogP contribution in [0.1, 0.15) is 58.5 Å². The molecule has 244 valence electrons. The van der Waals surface area contributed by atoms with Crippen LogP contribution in [0.5, 0.6) is 0 Å². The monoisotopic (exact) mass is 626 g/mol. The first kappa shape index (κ1) is 37.0. The maximum absolute atomic E-state index is 8.00. The molecule has 3 heterocycles. The van der Waals surface area contributed by atoms with Gasteiger partial charge in [-0.1, -0.05) is 31.2 Å². The summed E-state index contributed by atoms with van der Waals surface area (Å²) in [5.74, 6) is 1.93. The number of ether oxygens (including phenoxy) is 2. The van der Waals surface area contributed by atoms with Gasteiger partial charge in [0.2, 0.25) is 0 Å². The average molecular weight is 627 g/mol. The Kier molecular flexibility index (Phi) is 14.1. The summed E-state index contributed by atoms with van der Waals surface area (Å²) in [4.78, 5) is 19.8. The molecule has 2 atom stereocenters. The molecular weight excluding hydrogens is 572 g/mol. The van der Waals surface area contributed by atoms with Crippen LogP contribution in [0.15, 0.2) is 55.0 Å². The Morgan fingerprint density at radius 2 is 1.61 bits per heavy atom. The third-order valence-corrected chi connectivity index (χ3v) is 8.32. The van der Waals surface area contributed by atoms with E-state index in [1.807, 2.05) is 19.2 Å². The fourth-order valence-corrected chi connectivity index (χ4v) is 5.44. The number of carbonyl (C=O) groups excluding carboxylic acids is 1. The van der Waals surface area contributed by atoms with Gasteiger partial charge in [-0.15, -0.1) is 0 Å². The van der Waals surface area contributed by atoms with Crippen molar-refractivity contribution >= 4 is 22.5 Å². The van der Waals surface area contributed by atoms with Crippen molar-refractivity contribution in [1.82, 2.24) is 24.8 Å². The molecule has 0 fully saturated rings. The quantitative estimate of drug-likeness (QED) is 0.245. The van der Waals surface area contributed by atoms with Crippen LogP contribution in [0, 0.1) is 0 Å². The molecule has 10 heteroatoms. The van der Waals surface area contributed by atoms with Crippen LogP contribution in [-0.4, -0.2) is 83.2 Å². The smallest absolute Gasteiger partial charge is 0.140 e. The molecule has 1 aromatic carbocycles. The number of imidazole rings is 1. The third-order valence-electron chi connectivity index (χ3n) is 6.92. The summed E-state index contributed by atoms with van der Waals surface area (Å²) < 4.78 is 14.5. The molecule has 4 rings (SSSR count). The minimum Gasteiger partial charge on any atom is -0.365 e. The van der Waals surface area contributed by atoms with Gasteiger partial charge < -0.3 is 34.8 Å². The predicted octanol–water partition coefficient (Wildman–Crippen LogP) is 6.12. The fraction of sp³-hybridized carbons (Fsp3) is 0.500. The van der Waals surface area contributed by atoms with Gasteiger partial charge in [0.05, 0.1) is 41.7 Å². The van der Waals surface area contributed by atoms with E-state index in [2.05, 4.69) is 124 Å². The van der Waals surface area contributed by atoms with Crippen LogP contribution in [-0.2, 0) is 21.0 Å². The summed E-state index contributed by atoms with van der Waals surface area (Å²) in [6.07, 6.45) is 14.2. The highest BCUT2D eigenvalue weighted by Crippen LogP contribution is 2.34. The van der Waals surface area contributed by atoms with Gasteiger partial charge in [-0.2, -0.15) is 0 Å². The van der Waals surface area contributed by atoms with Gasteiger partial charge in [-0.05, 0) is 77.6 Å². The van der Waals surface area contributed by atoms with E-state index in [-0.39, 0.29) is 11.7 Å². The Labute approximate surface area is 266 Å². The lowest BCUT2D eigenvalue weighted by molar-refractivity contribution is -0.0980. The molecule has 9 nitrogen and oxygen atoms in total. The summed E-state index contributed by atoms with van der Waals surface area (Å²) in [6.45, 7) is 13.6. The Morgan fingerprint density at radius 1 is 1.00 bits per heavy atom. The van der Waals surface area contributed by atoms with Crippen LogP contribution >= 0.6 is 10.0 Å². The van der Waals surface area contributed by atoms with Crippen LogP contribution in [0.25, 0.3) is 28.2 Å². The molecule has 2 aromatic heterocycles. The molecule has 1 unspecified atom stereocenters. The van der Waals surface area contributed by atoms with E-state index >= 15 is 0 Å². The van der Waals surface area contributed by atoms with E-state index < -0.39 is 10.0 Å². The highest BCUT2D eigenvalue weighted by molar-refractivity contribution is 8.32. The molecule has 0 radical (unpaired) electrons. The lowest BCUT2D eigenvalue weighted by Crippen LogP contribution is -2.32. The standard InChI is InChI=1S/C32H47N5O2S.CH5N.CH2O/c1-10-30-35-28(21-36(30)6)25-13-11-24(12-14-25)27-16-15-26(19-33-27)29-20-34-31(23(2)39-32(3,4)5)37(29)22-38-17-18-40(7,8)9;2*1-2/h11-16,19-21,23,30,35H,10,17-18,22H2,1-9H3;2H2,1H3;1H2/t23-,30?;;/m0../s1. The van der Waals surface area contributed by atoms with Crippen molar-refractivity contribution < 1.29 is 14.3 Å². The second-order valence-corrected chi connectivity index (χ2v) is 17.0. The Bertz CT molecular complexity index is 1310. The van der Waals surface area contributed by atoms with Gasteiger partial charge in [0.1, 0.15) is 25.4 Å². The summed E-state index contributed by atoms with van der Waals surface area (Å²) in [5, 5.41) is 3.59. The molecule has 0 spiro atoms. The zero-order valence-electron chi connectivity index (χ0n) is 28.4. The molecule has 0 saturated carbocycles. The molecule has 0 aliphatic carbocycles.